The third kappa shape index (κ3) is 2.15. The second kappa shape index (κ2) is 4.74. The molecule has 0 saturated carbocycles. The van der Waals surface area contributed by atoms with Gasteiger partial charge >= 0.3 is 5.97 Å². The number of carboxylic acid groups (broad SMARTS) is 1. The fraction of sp³-hybridized carbons (Fsp3) is 0.364. The van der Waals surface area contributed by atoms with Gasteiger partial charge in [0, 0.05) is 22.6 Å². The number of rotatable bonds is 2. The minimum atomic E-state index is -0.940. The van der Waals surface area contributed by atoms with Gasteiger partial charge in [-0.25, -0.2) is 4.39 Å². The number of nitrogens with one attached hydrogen (secondary N) is 1. The number of aliphatic carboxylic acids is 1. The first-order valence-electron chi connectivity index (χ1n) is 5.27. The number of carboxylic acids is 1. The highest BCUT2D eigenvalue weighted by Crippen LogP contribution is 2.41. The van der Waals surface area contributed by atoms with Gasteiger partial charge in [-0.2, -0.15) is 0 Å². The van der Waals surface area contributed by atoms with Gasteiger partial charge in [-0.3, -0.25) is 4.79 Å². The molecular formula is C11H11BrFNO4. The topological polar surface area (TPSA) is 89.8 Å². The summed E-state index contributed by atoms with van der Waals surface area (Å²) in [6.07, 6.45) is 0.231. The smallest absolute Gasteiger partial charge is 0.307 e. The largest absolute Gasteiger partial charge is 0.504 e. The molecule has 1 saturated heterocycles. The minimum Gasteiger partial charge on any atom is -0.504 e. The lowest BCUT2D eigenvalue weighted by Gasteiger charge is -2.15. The number of phenols is 2. The van der Waals surface area contributed by atoms with Crippen LogP contribution in [0.25, 0.3) is 0 Å². The Morgan fingerprint density at radius 1 is 1.50 bits per heavy atom. The van der Waals surface area contributed by atoms with Crippen LogP contribution < -0.4 is 5.32 Å². The highest BCUT2D eigenvalue weighted by Gasteiger charge is 2.34. The van der Waals surface area contributed by atoms with E-state index in [1.54, 1.807) is 0 Å². The molecule has 0 aromatic heterocycles. The van der Waals surface area contributed by atoms with Crippen LogP contribution in [0.15, 0.2) is 10.5 Å². The molecule has 7 heteroatoms. The zero-order chi connectivity index (χ0) is 13.4. The molecule has 0 amide bonds. The van der Waals surface area contributed by atoms with Crippen molar-refractivity contribution < 1.29 is 24.5 Å². The Labute approximate surface area is 110 Å². The normalized spacial score (nSPS) is 23.2. The summed E-state index contributed by atoms with van der Waals surface area (Å²) < 4.78 is 14.2. The number of hydrogen-bond donors (Lipinski definition) is 4. The molecule has 2 atom stereocenters. The molecule has 2 unspecified atom stereocenters. The predicted molar refractivity (Wildman–Crippen MR) is 63.9 cm³/mol. The van der Waals surface area contributed by atoms with E-state index in [9.17, 15) is 19.4 Å². The van der Waals surface area contributed by atoms with E-state index in [4.69, 9.17) is 5.11 Å². The van der Waals surface area contributed by atoms with Crippen LogP contribution in [0, 0.1) is 11.7 Å². The van der Waals surface area contributed by atoms with Gasteiger partial charge in [0.25, 0.3) is 0 Å². The molecule has 4 N–H and O–H groups in total. The third-order valence-electron chi connectivity index (χ3n) is 3.04. The lowest BCUT2D eigenvalue weighted by atomic mass is 9.99. The molecule has 1 aromatic rings. The average Bonchev–Trinajstić information content (AvgIpc) is 2.75. The highest BCUT2D eigenvalue weighted by atomic mass is 79.9. The van der Waals surface area contributed by atoms with Crippen molar-refractivity contribution >= 4 is 21.9 Å². The van der Waals surface area contributed by atoms with E-state index in [1.807, 2.05) is 0 Å². The Morgan fingerprint density at radius 2 is 2.17 bits per heavy atom. The monoisotopic (exact) mass is 319 g/mol. The number of hydrogen-bond acceptors (Lipinski definition) is 4. The molecule has 2 rings (SSSR count). The first-order valence-corrected chi connectivity index (χ1v) is 6.07. The molecule has 1 aliphatic heterocycles. The maximum absolute atomic E-state index is 13.9. The molecular weight excluding hydrogens is 309 g/mol. The summed E-state index contributed by atoms with van der Waals surface area (Å²) in [7, 11) is 0. The predicted octanol–water partition coefficient (Wildman–Crippen LogP) is 1.73. The van der Waals surface area contributed by atoms with Crippen LogP contribution in [0.3, 0.4) is 0 Å². The summed E-state index contributed by atoms with van der Waals surface area (Å²) in [5.74, 6) is -3.85. The highest BCUT2D eigenvalue weighted by molar-refractivity contribution is 9.10. The van der Waals surface area contributed by atoms with Gasteiger partial charge in [-0.05, 0) is 12.5 Å². The number of aromatic hydroxyl groups is 2. The molecule has 5 nitrogen and oxygen atoms in total. The fourth-order valence-electron chi connectivity index (χ4n) is 2.07. The molecule has 0 spiro atoms. The van der Waals surface area contributed by atoms with Gasteiger partial charge in [0.2, 0.25) is 0 Å². The van der Waals surface area contributed by atoms with Crippen LogP contribution in [0.2, 0.25) is 0 Å². The molecule has 98 valence electrons. The van der Waals surface area contributed by atoms with E-state index >= 15 is 0 Å². The first kappa shape index (κ1) is 13.1. The van der Waals surface area contributed by atoms with E-state index in [-0.39, 0.29) is 18.5 Å². The van der Waals surface area contributed by atoms with Crippen LogP contribution in [0.5, 0.6) is 11.5 Å². The van der Waals surface area contributed by atoms with Crippen molar-refractivity contribution in [1.29, 1.82) is 0 Å². The van der Waals surface area contributed by atoms with Crippen molar-refractivity contribution in [1.82, 2.24) is 5.32 Å². The maximum Gasteiger partial charge on any atom is 0.307 e. The number of benzene rings is 1. The molecule has 18 heavy (non-hydrogen) atoms. The molecule has 1 fully saturated rings. The summed E-state index contributed by atoms with van der Waals surface area (Å²) in [6.45, 7) is 0.244. The van der Waals surface area contributed by atoms with Gasteiger partial charge in [-0.1, -0.05) is 15.9 Å². The number of phenolic OH excluding ortho intramolecular Hbond substituents is 2. The number of carbonyl (C=O) groups is 1. The van der Waals surface area contributed by atoms with Crippen molar-refractivity contribution in [3.05, 3.63) is 21.9 Å². The van der Waals surface area contributed by atoms with Gasteiger partial charge in [0.15, 0.2) is 17.3 Å². The molecule has 0 bridgehead atoms. The van der Waals surface area contributed by atoms with E-state index in [1.165, 1.54) is 6.07 Å². The Bertz CT molecular complexity index is 508. The summed E-state index contributed by atoms with van der Waals surface area (Å²) in [4.78, 5) is 10.8. The van der Waals surface area contributed by atoms with Crippen LogP contribution in [0.4, 0.5) is 4.39 Å². The van der Waals surface area contributed by atoms with E-state index < -0.39 is 35.2 Å². The Kier molecular flexibility index (Phi) is 3.45. The lowest BCUT2D eigenvalue weighted by Crippen LogP contribution is -2.18. The van der Waals surface area contributed by atoms with Crippen molar-refractivity contribution in [3.8, 4) is 11.5 Å². The Morgan fingerprint density at radius 3 is 2.72 bits per heavy atom. The molecule has 0 aliphatic carbocycles. The molecule has 0 radical (unpaired) electrons. The second-order valence-corrected chi connectivity index (χ2v) is 5.04. The van der Waals surface area contributed by atoms with Crippen LogP contribution in [0.1, 0.15) is 18.0 Å². The van der Waals surface area contributed by atoms with Gasteiger partial charge in [-0.15, -0.1) is 0 Å². The fourth-order valence-corrected chi connectivity index (χ4v) is 2.74. The summed E-state index contributed by atoms with van der Waals surface area (Å²) >= 11 is 3.10. The lowest BCUT2D eigenvalue weighted by molar-refractivity contribution is -0.141. The summed E-state index contributed by atoms with van der Waals surface area (Å²) in [5.41, 5.74) is 0.133. The average molecular weight is 320 g/mol. The Balaban J connectivity index is 2.36. The SMILES string of the molecule is O=C(O)C1CNC(c2c(Br)cc(O)c(O)c2F)C1. The van der Waals surface area contributed by atoms with Gasteiger partial charge in [0.1, 0.15) is 0 Å². The van der Waals surface area contributed by atoms with E-state index in [0.29, 0.717) is 4.47 Å². The first-order chi connectivity index (χ1) is 8.41. The zero-order valence-corrected chi connectivity index (χ0v) is 10.7. The summed E-state index contributed by atoms with van der Waals surface area (Å²) in [5, 5.41) is 30.4. The van der Waals surface area contributed by atoms with Gasteiger partial charge < -0.3 is 20.6 Å². The standard InChI is InChI=1S/C11H11BrFNO4/c12-5-2-7(15)10(16)9(13)8(5)6-1-4(3-14-6)11(17)18/h2,4,6,14-16H,1,3H2,(H,17,18). The number of halogens is 2. The van der Waals surface area contributed by atoms with E-state index in [0.717, 1.165) is 0 Å². The maximum atomic E-state index is 13.9. The zero-order valence-electron chi connectivity index (χ0n) is 9.15. The Hall–Kier alpha value is -1.34. The molecule has 1 aromatic carbocycles. The minimum absolute atomic E-state index is 0.133. The summed E-state index contributed by atoms with van der Waals surface area (Å²) in [6, 6.07) is 0.677. The van der Waals surface area contributed by atoms with Crippen molar-refractivity contribution in [2.75, 3.05) is 6.54 Å². The second-order valence-electron chi connectivity index (χ2n) is 4.19. The van der Waals surface area contributed by atoms with Crippen LogP contribution in [-0.2, 0) is 4.79 Å². The van der Waals surface area contributed by atoms with E-state index in [2.05, 4.69) is 21.2 Å². The molecule has 1 aliphatic rings. The van der Waals surface area contributed by atoms with Crippen molar-refractivity contribution in [2.24, 2.45) is 5.92 Å². The van der Waals surface area contributed by atoms with Crippen molar-refractivity contribution in [3.63, 3.8) is 0 Å². The van der Waals surface area contributed by atoms with Crippen LogP contribution in [-0.4, -0.2) is 27.8 Å². The third-order valence-corrected chi connectivity index (χ3v) is 3.69. The molecule has 1 heterocycles. The quantitative estimate of drug-likeness (QED) is 0.623. The van der Waals surface area contributed by atoms with Crippen molar-refractivity contribution in [2.45, 2.75) is 12.5 Å². The van der Waals surface area contributed by atoms with Gasteiger partial charge in [0.05, 0.1) is 5.92 Å². The van der Waals surface area contributed by atoms with Crippen LogP contribution >= 0.6 is 15.9 Å².